The molecule has 0 spiro atoms. The third kappa shape index (κ3) is 5.83. The Kier molecular flexibility index (Phi) is 7.94. The molecule has 2 aromatic rings. The average Bonchev–Trinajstić information content (AvgIpc) is 2.83. The summed E-state index contributed by atoms with van der Waals surface area (Å²) in [7, 11) is 0. The molecule has 3 rings (SSSR count). The van der Waals surface area contributed by atoms with Crippen LogP contribution in [-0.2, 0) is 22.4 Å². The quantitative estimate of drug-likeness (QED) is 0.630. The molecule has 1 fully saturated rings. The zero-order valence-electron chi connectivity index (χ0n) is 18.2. The number of piperidine rings is 1. The van der Waals surface area contributed by atoms with Crippen molar-refractivity contribution in [3.63, 3.8) is 0 Å². The molecule has 9 heteroatoms. The van der Waals surface area contributed by atoms with Gasteiger partial charge >= 0.3 is 6.09 Å². The number of nitriles is 2. The molecule has 1 saturated heterocycles. The first-order valence-electron chi connectivity index (χ1n) is 10.5. The lowest BCUT2D eigenvalue weighted by atomic mass is 9.99. The van der Waals surface area contributed by atoms with E-state index in [0.717, 1.165) is 34.4 Å². The molecule has 0 aliphatic carbocycles. The Hall–Kier alpha value is -3.53. The number of nitrogens with one attached hydrogen (secondary N) is 1. The number of carbonyl (C=O) groups excluding carboxylic acids is 1. The van der Waals surface area contributed by atoms with E-state index in [1.54, 1.807) is 18.2 Å². The first kappa shape index (κ1) is 24.1. The first-order valence-corrected chi connectivity index (χ1v) is 12.1. The van der Waals surface area contributed by atoms with E-state index in [1.807, 2.05) is 30.3 Å². The molecular formula is C24H24N4O4S. The summed E-state index contributed by atoms with van der Waals surface area (Å²) in [6, 6.07) is 15.2. The predicted molar refractivity (Wildman–Crippen MR) is 123 cm³/mol. The third-order valence-electron chi connectivity index (χ3n) is 5.66. The number of carboxylic acid groups (broad SMARTS) is 1. The molecule has 1 aliphatic rings. The molecule has 2 amide bonds. The normalized spacial score (nSPS) is 17.3. The van der Waals surface area contributed by atoms with Crippen molar-refractivity contribution < 1.29 is 19.2 Å². The van der Waals surface area contributed by atoms with E-state index < -0.39 is 35.3 Å². The summed E-state index contributed by atoms with van der Waals surface area (Å²) in [5.41, 5.74) is 2.90. The van der Waals surface area contributed by atoms with Gasteiger partial charge in [0.1, 0.15) is 30.0 Å². The van der Waals surface area contributed by atoms with Crippen LogP contribution in [0.15, 0.2) is 47.4 Å². The molecule has 0 radical (unpaired) electrons. The van der Waals surface area contributed by atoms with Crippen molar-refractivity contribution in [3.8, 4) is 23.3 Å². The lowest BCUT2D eigenvalue weighted by Crippen LogP contribution is -2.53. The van der Waals surface area contributed by atoms with Gasteiger partial charge in [0.15, 0.2) is 4.90 Å². The molecule has 2 unspecified atom stereocenters. The number of rotatable bonds is 6. The fourth-order valence-corrected chi connectivity index (χ4v) is 4.65. The highest BCUT2D eigenvalue weighted by Gasteiger charge is 2.33. The van der Waals surface area contributed by atoms with Gasteiger partial charge in [0, 0.05) is 19.0 Å². The summed E-state index contributed by atoms with van der Waals surface area (Å²) in [6.07, 6.45) is 2.61. The Labute approximate surface area is 195 Å². The van der Waals surface area contributed by atoms with Crippen LogP contribution in [0.4, 0.5) is 4.79 Å². The number of benzene rings is 2. The zero-order valence-corrected chi connectivity index (χ0v) is 19.0. The van der Waals surface area contributed by atoms with Crippen LogP contribution in [0.5, 0.6) is 0 Å². The van der Waals surface area contributed by atoms with Gasteiger partial charge in [-0.2, -0.15) is 10.5 Å². The number of likely N-dealkylation sites (tertiary alicyclic amines) is 1. The maximum absolute atomic E-state index is 12.6. The second kappa shape index (κ2) is 10.9. The van der Waals surface area contributed by atoms with Crippen LogP contribution in [0.1, 0.15) is 30.4 Å². The zero-order chi connectivity index (χ0) is 24.0. The molecular weight excluding hydrogens is 440 g/mol. The molecule has 3 atom stereocenters. The number of hydrogen-bond donors (Lipinski definition) is 2. The minimum atomic E-state index is -1.29. The smallest absolute Gasteiger partial charge is 0.407 e. The molecule has 170 valence electrons. The Morgan fingerprint density at radius 2 is 1.91 bits per heavy atom. The Morgan fingerprint density at radius 1 is 1.21 bits per heavy atom. The molecule has 2 N–H and O–H groups in total. The summed E-state index contributed by atoms with van der Waals surface area (Å²) in [5.74, 6) is -0.446. The highest BCUT2D eigenvalue weighted by atomic mass is 32.2. The van der Waals surface area contributed by atoms with Gasteiger partial charge in [-0.05, 0) is 53.2 Å². The van der Waals surface area contributed by atoms with Gasteiger partial charge in [0.2, 0.25) is 5.91 Å². The van der Waals surface area contributed by atoms with E-state index in [9.17, 15) is 29.8 Å². The molecule has 1 heterocycles. The van der Waals surface area contributed by atoms with Gasteiger partial charge in [0.05, 0.1) is 6.07 Å². The second-order valence-corrected chi connectivity index (χ2v) is 9.20. The van der Waals surface area contributed by atoms with E-state index in [4.69, 9.17) is 0 Å². The minimum Gasteiger partial charge on any atom is -0.612 e. The summed E-state index contributed by atoms with van der Waals surface area (Å²) in [6.45, 7) is 0.314. The van der Waals surface area contributed by atoms with Crippen molar-refractivity contribution in [2.45, 2.75) is 42.7 Å². The molecule has 8 nitrogen and oxygen atoms in total. The molecule has 0 saturated carbocycles. The van der Waals surface area contributed by atoms with Gasteiger partial charge in [-0.15, -0.1) is 0 Å². The van der Waals surface area contributed by atoms with Gasteiger partial charge in [-0.25, -0.2) is 4.79 Å². The van der Waals surface area contributed by atoms with Crippen LogP contribution in [-0.4, -0.2) is 51.4 Å². The van der Waals surface area contributed by atoms with Crippen molar-refractivity contribution >= 4 is 23.2 Å². The Balaban J connectivity index is 1.69. The predicted octanol–water partition coefficient (Wildman–Crippen LogP) is 3.05. The third-order valence-corrected chi connectivity index (χ3v) is 6.62. The standard InChI is InChI=1S/C24H24N4O4S/c1-33(32)22-13-18(9-10-19(22)14-25)17-7-5-16(6-8-17)12-20(15-26)27-23(29)21-4-2-3-11-28(21)24(30)31/h5-10,13,20-21H,2-4,11-12H2,1H3,(H,27,29)(H,30,31)/t20-,21?,33?/m0/s1. The van der Waals surface area contributed by atoms with Gasteiger partial charge in [0.25, 0.3) is 0 Å². The monoisotopic (exact) mass is 464 g/mol. The lowest BCUT2D eigenvalue weighted by Gasteiger charge is -2.32. The van der Waals surface area contributed by atoms with Crippen molar-refractivity contribution in [2.75, 3.05) is 12.8 Å². The van der Waals surface area contributed by atoms with E-state index >= 15 is 0 Å². The van der Waals surface area contributed by atoms with Crippen LogP contribution in [0.25, 0.3) is 11.1 Å². The molecule has 0 aromatic heterocycles. The maximum atomic E-state index is 12.6. The SMILES string of the molecule is C[S+]([O-])c1cc(-c2ccc(C[C@@H](C#N)NC(=O)C3CCCCN3C(=O)O)cc2)ccc1C#N. The first-order chi connectivity index (χ1) is 15.8. The summed E-state index contributed by atoms with van der Waals surface area (Å²) < 4.78 is 11.9. The summed E-state index contributed by atoms with van der Waals surface area (Å²) in [5, 5.41) is 30.7. The van der Waals surface area contributed by atoms with Gasteiger partial charge in [-0.1, -0.05) is 30.3 Å². The molecule has 1 aliphatic heterocycles. The van der Waals surface area contributed by atoms with Crippen LogP contribution in [0.2, 0.25) is 0 Å². The number of nitrogens with zero attached hydrogens (tertiary/aromatic N) is 3. The van der Waals surface area contributed by atoms with E-state index in [1.165, 1.54) is 6.26 Å². The van der Waals surface area contributed by atoms with Crippen LogP contribution >= 0.6 is 0 Å². The number of hydrogen-bond acceptors (Lipinski definition) is 5. The van der Waals surface area contributed by atoms with Crippen LogP contribution in [0, 0.1) is 22.7 Å². The largest absolute Gasteiger partial charge is 0.612 e. The molecule has 0 bridgehead atoms. The minimum absolute atomic E-state index is 0.278. The Bertz CT molecular complexity index is 1100. The van der Waals surface area contributed by atoms with Crippen molar-refractivity contribution in [2.24, 2.45) is 0 Å². The van der Waals surface area contributed by atoms with Crippen molar-refractivity contribution in [1.29, 1.82) is 10.5 Å². The number of carbonyl (C=O) groups is 2. The van der Waals surface area contributed by atoms with E-state index in [2.05, 4.69) is 11.4 Å². The lowest BCUT2D eigenvalue weighted by molar-refractivity contribution is -0.127. The second-order valence-electron chi connectivity index (χ2n) is 7.86. The topological polar surface area (TPSA) is 140 Å². The fraction of sp³-hybridized carbons (Fsp3) is 0.333. The van der Waals surface area contributed by atoms with Crippen molar-refractivity contribution in [3.05, 3.63) is 53.6 Å². The average molecular weight is 465 g/mol. The van der Waals surface area contributed by atoms with Gasteiger partial charge in [-0.3, -0.25) is 9.69 Å². The molecule has 2 aromatic carbocycles. The van der Waals surface area contributed by atoms with Crippen molar-refractivity contribution in [1.82, 2.24) is 10.2 Å². The highest BCUT2D eigenvalue weighted by molar-refractivity contribution is 7.90. The Morgan fingerprint density at radius 3 is 2.52 bits per heavy atom. The number of amides is 2. The van der Waals surface area contributed by atoms with E-state index in [-0.39, 0.29) is 6.42 Å². The molecule has 33 heavy (non-hydrogen) atoms. The van der Waals surface area contributed by atoms with Crippen LogP contribution in [0.3, 0.4) is 0 Å². The highest BCUT2D eigenvalue weighted by Crippen LogP contribution is 2.26. The van der Waals surface area contributed by atoms with Crippen LogP contribution < -0.4 is 5.32 Å². The summed E-state index contributed by atoms with van der Waals surface area (Å²) >= 11 is -1.29. The fourth-order valence-electron chi connectivity index (χ4n) is 3.93. The summed E-state index contributed by atoms with van der Waals surface area (Å²) in [4.78, 5) is 25.7. The maximum Gasteiger partial charge on any atom is 0.407 e. The van der Waals surface area contributed by atoms with E-state index in [0.29, 0.717) is 23.4 Å². The van der Waals surface area contributed by atoms with Gasteiger partial charge < -0.3 is 15.0 Å².